The van der Waals surface area contributed by atoms with Crippen LogP contribution in [0, 0.1) is 0 Å². The summed E-state index contributed by atoms with van der Waals surface area (Å²) in [5, 5.41) is 2.32. The van der Waals surface area contributed by atoms with Gasteiger partial charge in [0.05, 0.1) is 6.10 Å². The molecule has 1 rings (SSSR count). The van der Waals surface area contributed by atoms with Crippen LogP contribution >= 0.6 is 0 Å². The van der Waals surface area contributed by atoms with Crippen molar-refractivity contribution in [2.24, 2.45) is 0 Å². The number of nitrogens with one attached hydrogen (secondary N) is 1. The second-order valence-electron chi connectivity index (χ2n) is 3.91. The van der Waals surface area contributed by atoms with Gasteiger partial charge in [-0.1, -0.05) is 6.42 Å². The van der Waals surface area contributed by atoms with Gasteiger partial charge >= 0.3 is 0 Å². The van der Waals surface area contributed by atoms with Gasteiger partial charge in [-0.3, -0.25) is 0 Å². The number of methoxy groups -OCH3 is 1. The lowest BCUT2D eigenvalue weighted by Crippen LogP contribution is -2.50. The maximum atomic E-state index is 5.26. The summed E-state index contributed by atoms with van der Waals surface area (Å²) in [5.41, 5.74) is 3.48. The van der Waals surface area contributed by atoms with Crippen molar-refractivity contribution in [3.63, 3.8) is 0 Å². The zero-order chi connectivity index (χ0) is 9.68. The highest BCUT2D eigenvalue weighted by Crippen LogP contribution is 2.07. The van der Waals surface area contributed by atoms with E-state index in [-0.39, 0.29) is 6.10 Å². The van der Waals surface area contributed by atoms with Crippen molar-refractivity contribution >= 4 is 0 Å². The maximum Gasteiger partial charge on any atom is 0.0707 e. The third-order valence-electron chi connectivity index (χ3n) is 2.82. The number of hydrogen-bond acceptors (Lipinski definition) is 3. The summed E-state index contributed by atoms with van der Waals surface area (Å²) in [7, 11) is 1.76. The van der Waals surface area contributed by atoms with Crippen LogP contribution in [0.1, 0.15) is 33.1 Å². The van der Waals surface area contributed by atoms with Gasteiger partial charge in [0.15, 0.2) is 0 Å². The van der Waals surface area contributed by atoms with Crippen molar-refractivity contribution < 1.29 is 4.74 Å². The van der Waals surface area contributed by atoms with Crippen LogP contribution in [-0.4, -0.2) is 37.4 Å². The molecule has 78 valence electrons. The van der Waals surface area contributed by atoms with Crippen LogP contribution in [0.2, 0.25) is 0 Å². The number of piperidine rings is 1. The van der Waals surface area contributed by atoms with E-state index in [1.54, 1.807) is 7.11 Å². The summed E-state index contributed by atoms with van der Waals surface area (Å²) < 4.78 is 5.26. The molecular weight excluding hydrogens is 164 g/mol. The lowest BCUT2D eigenvalue weighted by atomic mass is 10.1. The molecule has 0 spiro atoms. The Morgan fingerprint density at radius 2 is 1.77 bits per heavy atom. The van der Waals surface area contributed by atoms with Crippen LogP contribution in [0.5, 0.6) is 0 Å². The van der Waals surface area contributed by atoms with E-state index in [4.69, 9.17) is 4.74 Å². The maximum absolute atomic E-state index is 5.26. The number of rotatable bonds is 4. The second kappa shape index (κ2) is 5.58. The van der Waals surface area contributed by atoms with Crippen molar-refractivity contribution in [2.75, 3.05) is 20.2 Å². The Balaban J connectivity index is 2.21. The summed E-state index contributed by atoms with van der Waals surface area (Å²) in [6, 6.07) is 0.406. The molecule has 13 heavy (non-hydrogen) atoms. The zero-order valence-corrected chi connectivity index (χ0v) is 9.05. The van der Waals surface area contributed by atoms with Crippen molar-refractivity contribution in [3.05, 3.63) is 0 Å². The van der Waals surface area contributed by atoms with Gasteiger partial charge in [-0.2, -0.15) is 0 Å². The molecule has 1 aliphatic heterocycles. The van der Waals surface area contributed by atoms with Gasteiger partial charge in [0.25, 0.3) is 0 Å². The molecule has 3 nitrogen and oxygen atoms in total. The SMILES string of the molecule is COC(C)C(C)NN1CCCCC1. The Kier molecular flexibility index (Phi) is 4.70. The summed E-state index contributed by atoms with van der Waals surface area (Å²) in [6.07, 6.45) is 4.30. The third-order valence-corrected chi connectivity index (χ3v) is 2.82. The molecule has 2 atom stereocenters. The summed E-state index contributed by atoms with van der Waals surface area (Å²) in [4.78, 5) is 0. The van der Waals surface area contributed by atoms with Crippen LogP contribution in [0.25, 0.3) is 0 Å². The van der Waals surface area contributed by atoms with Crippen molar-refractivity contribution in [3.8, 4) is 0 Å². The molecular formula is C10H22N2O. The normalized spacial score (nSPS) is 24.2. The molecule has 0 amide bonds. The quantitative estimate of drug-likeness (QED) is 0.718. The van der Waals surface area contributed by atoms with Crippen LogP contribution in [0.15, 0.2) is 0 Å². The van der Waals surface area contributed by atoms with Gasteiger partial charge in [-0.25, -0.2) is 10.4 Å². The van der Waals surface area contributed by atoms with Crippen LogP contribution in [0.4, 0.5) is 0 Å². The summed E-state index contributed by atoms with van der Waals surface area (Å²) >= 11 is 0. The van der Waals surface area contributed by atoms with E-state index in [0.717, 1.165) is 0 Å². The predicted molar refractivity (Wildman–Crippen MR) is 54.5 cm³/mol. The van der Waals surface area contributed by atoms with Crippen molar-refractivity contribution in [2.45, 2.75) is 45.3 Å². The highest BCUT2D eigenvalue weighted by atomic mass is 16.5. The van der Waals surface area contributed by atoms with Gasteiger partial charge in [0.1, 0.15) is 0 Å². The predicted octanol–water partition coefficient (Wildman–Crippen LogP) is 1.40. The Morgan fingerprint density at radius 1 is 1.15 bits per heavy atom. The molecule has 1 N–H and O–H groups in total. The third kappa shape index (κ3) is 3.63. The monoisotopic (exact) mass is 186 g/mol. The fourth-order valence-electron chi connectivity index (χ4n) is 1.62. The molecule has 0 radical (unpaired) electrons. The van der Waals surface area contributed by atoms with Crippen molar-refractivity contribution in [1.82, 2.24) is 10.4 Å². The van der Waals surface area contributed by atoms with E-state index < -0.39 is 0 Å². The highest BCUT2D eigenvalue weighted by molar-refractivity contribution is 4.69. The summed E-state index contributed by atoms with van der Waals surface area (Å²) in [5.74, 6) is 0. The van der Waals surface area contributed by atoms with Gasteiger partial charge in [-0.05, 0) is 26.7 Å². The Bertz CT molecular complexity index is 135. The molecule has 0 saturated carbocycles. The first-order valence-electron chi connectivity index (χ1n) is 5.28. The zero-order valence-electron chi connectivity index (χ0n) is 9.05. The topological polar surface area (TPSA) is 24.5 Å². The molecule has 1 heterocycles. The molecule has 0 bridgehead atoms. The molecule has 0 aliphatic carbocycles. The van der Waals surface area contributed by atoms with E-state index in [0.29, 0.717) is 6.04 Å². The lowest BCUT2D eigenvalue weighted by Gasteiger charge is -2.32. The van der Waals surface area contributed by atoms with Gasteiger partial charge < -0.3 is 4.74 Å². The van der Waals surface area contributed by atoms with Crippen LogP contribution < -0.4 is 5.43 Å². The van der Waals surface area contributed by atoms with Gasteiger partial charge in [0, 0.05) is 26.2 Å². The Hall–Kier alpha value is -0.120. The molecule has 2 unspecified atom stereocenters. The largest absolute Gasteiger partial charge is 0.380 e. The van der Waals surface area contributed by atoms with E-state index >= 15 is 0 Å². The minimum Gasteiger partial charge on any atom is -0.380 e. The van der Waals surface area contributed by atoms with Crippen LogP contribution in [-0.2, 0) is 4.74 Å². The minimum absolute atomic E-state index is 0.280. The lowest BCUT2D eigenvalue weighted by molar-refractivity contribution is 0.0409. The number of hydrazine groups is 1. The molecule has 1 aliphatic rings. The summed E-state index contributed by atoms with van der Waals surface area (Å²) in [6.45, 7) is 6.63. The average Bonchev–Trinajstić information content (AvgIpc) is 2.18. The highest BCUT2D eigenvalue weighted by Gasteiger charge is 2.16. The van der Waals surface area contributed by atoms with Gasteiger partial charge in [0.2, 0.25) is 0 Å². The molecule has 0 aromatic rings. The Morgan fingerprint density at radius 3 is 2.31 bits per heavy atom. The molecule has 1 fully saturated rings. The van der Waals surface area contributed by atoms with Crippen LogP contribution in [0.3, 0.4) is 0 Å². The van der Waals surface area contributed by atoms with Gasteiger partial charge in [-0.15, -0.1) is 0 Å². The number of hydrogen-bond donors (Lipinski definition) is 1. The van der Waals surface area contributed by atoms with E-state index in [9.17, 15) is 0 Å². The first-order valence-corrected chi connectivity index (χ1v) is 5.28. The number of ether oxygens (including phenoxy) is 1. The van der Waals surface area contributed by atoms with Crippen molar-refractivity contribution in [1.29, 1.82) is 0 Å². The molecule has 0 aromatic heterocycles. The molecule has 0 aromatic carbocycles. The smallest absolute Gasteiger partial charge is 0.0707 e. The second-order valence-corrected chi connectivity index (χ2v) is 3.91. The fourth-order valence-corrected chi connectivity index (χ4v) is 1.62. The Labute approximate surface area is 81.4 Å². The van der Waals surface area contributed by atoms with E-state index in [1.165, 1.54) is 32.4 Å². The number of nitrogens with zero attached hydrogens (tertiary/aromatic N) is 1. The van der Waals surface area contributed by atoms with E-state index in [1.807, 2.05) is 0 Å². The average molecular weight is 186 g/mol. The fraction of sp³-hybridized carbons (Fsp3) is 1.00. The van der Waals surface area contributed by atoms with E-state index in [2.05, 4.69) is 24.3 Å². The first-order chi connectivity index (χ1) is 6.24. The molecule has 3 heteroatoms. The first kappa shape index (κ1) is 11.0. The minimum atomic E-state index is 0.280. The standard InChI is InChI=1S/C10H22N2O/c1-9(10(2)13-3)11-12-7-5-4-6-8-12/h9-11H,4-8H2,1-3H3. The molecule has 1 saturated heterocycles.